The fourth-order valence-corrected chi connectivity index (χ4v) is 3.54. The summed E-state index contributed by atoms with van der Waals surface area (Å²) < 4.78 is 0. The van der Waals surface area contributed by atoms with Crippen molar-refractivity contribution < 1.29 is 20.1 Å². The normalized spacial score (nSPS) is 24.1. The first kappa shape index (κ1) is 15.6. The van der Waals surface area contributed by atoms with E-state index in [-0.39, 0.29) is 17.5 Å². The van der Waals surface area contributed by atoms with Crippen LogP contribution in [0.1, 0.15) is 51.1 Å². The van der Waals surface area contributed by atoms with Gasteiger partial charge in [0.1, 0.15) is 17.0 Å². The Labute approximate surface area is 124 Å². The molecular formula is C16H23NO4. The van der Waals surface area contributed by atoms with Gasteiger partial charge in [-0.1, -0.05) is 19.4 Å². The van der Waals surface area contributed by atoms with Crippen LogP contribution in [0.15, 0.2) is 18.2 Å². The Kier molecular flexibility index (Phi) is 4.42. The largest absolute Gasteiger partial charge is 0.508 e. The van der Waals surface area contributed by atoms with Crippen LogP contribution in [0, 0.1) is 0 Å². The lowest BCUT2D eigenvalue weighted by Crippen LogP contribution is -2.51. The molecule has 3 N–H and O–H groups in total. The molecular weight excluding hydrogens is 270 g/mol. The standard InChI is InChI=1S/C16H23NO4/c1-3-7-16(15(20)21)8-4-9-17(16)11(2)13-6-5-12(18)10-14(13)19/h5-6,10-11,18-19H,3-4,7-9H2,1-2H3,(H,20,21). The predicted octanol–water partition coefficient (Wildman–Crippen LogP) is 2.88. The van der Waals surface area contributed by atoms with Crippen LogP contribution in [0.25, 0.3) is 0 Å². The second-order valence-corrected chi connectivity index (χ2v) is 5.80. The number of aromatic hydroxyl groups is 2. The lowest BCUT2D eigenvalue weighted by molar-refractivity contribution is -0.151. The number of carbonyl (C=O) groups is 1. The summed E-state index contributed by atoms with van der Waals surface area (Å²) in [5.41, 5.74) is -0.199. The zero-order valence-corrected chi connectivity index (χ0v) is 12.5. The molecule has 1 aromatic rings. The number of carboxylic acid groups (broad SMARTS) is 1. The quantitative estimate of drug-likeness (QED) is 0.777. The maximum absolute atomic E-state index is 11.9. The van der Waals surface area contributed by atoms with Gasteiger partial charge in [-0.2, -0.15) is 0 Å². The molecule has 0 saturated carbocycles. The second-order valence-electron chi connectivity index (χ2n) is 5.80. The number of carboxylic acids is 1. The lowest BCUT2D eigenvalue weighted by Gasteiger charge is -2.39. The molecule has 1 aliphatic rings. The van der Waals surface area contributed by atoms with Gasteiger partial charge in [-0.25, -0.2) is 0 Å². The number of hydrogen-bond donors (Lipinski definition) is 3. The molecule has 0 amide bonds. The number of nitrogens with zero attached hydrogens (tertiary/aromatic N) is 1. The van der Waals surface area contributed by atoms with Crippen LogP contribution in [0.5, 0.6) is 11.5 Å². The molecule has 2 unspecified atom stereocenters. The van der Waals surface area contributed by atoms with Crippen molar-refractivity contribution in [1.29, 1.82) is 0 Å². The van der Waals surface area contributed by atoms with E-state index in [0.29, 0.717) is 24.9 Å². The van der Waals surface area contributed by atoms with Gasteiger partial charge in [0.05, 0.1) is 0 Å². The lowest BCUT2D eigenvalue weighted by atomic mass is 9.88. The molecule has 0 aliphatic carbocycles. The topological polar surface area (TPSA) is 81.0 Å². The summed E-state index contributed by atoms with van der Waals surface area (Å²) in [7, 11) is 0. The average Bonchev–Trinajstić information content (AvgIpc) is 2.83. The number of phenols is 2. The molecule has 0 radical (unpaired) electrons. The van der Waals surface area contributed by atoms with E-state index in [0.717, 1.165) is 12.8 Å². The maximum atomic E-state index is 11.9. The third kappa shape index (κ3) is 2.70. The van der Waals surface area contributed by atoms with E-state index in [2.05, 4.69) is 0 Å². The Hall–Kier alpha value is -1.75. The fraction of sp³-hybridized carbons (Fsp3) is 0.562. The zero-order valence-electron chi connectivity index (χ0n) is 12.5. The smallest absolute Gasteiger partial charge is 0.324 e. The summed E-state index contributed by atoms with van der Waals surface area (Å²) in [6.45, 7) is 4.60. The summed E-state index contributed by atoms with van der Waals surface area (Å²) in [6.07, 6.45) is 2.89. The van der Waals surface area contributed by atoms with Gasteiger partial charge in [0.15, 0.2) is 0 Å². The zero-order chi connectivity index (χ0) is 15.6. The molecule has 1 fully saturated rings. The Bertz CT molecular complexity index is 531. The minimum Gasteiger partial charge on any atom is -0.508 e. The Balaban J connectivity index is 2.36. The van der Waals surface area contributed by atoms with Gasteiger partial charge in [0.2, 0.25) is 0 Å². The van der Waals surface area contributed by atoms with Crippen molar-refractivity contribution in [2.24, 2.45) is 0 Å². The number of benzene rings is 1. The fourth-order valence-electron chi connectivity index (χ4n) is 3.54. The molecule has 2 atom stereocenters. The van der Waals surface area contributed by atoms with E-state index in [4.69, 9.17) is 0 Å². The van der Waals surface area contributed by atoms with E-state index in [1.165, 1.54) is 12.1 Å². The molecule has 5 heteroatoms. The summed E-state index contributed by atoms with van der Waals surface area (Å²) in [4.78, 5) is 13.8. The molecule has 0 aromatic heterocycles. The first-order chi connectivity index (χ1) is 9.92. The predicted molar refractivity (Wildman–Crippen MR) is 79.4 cm³/mol. The maximum Gasteiger partial charge on any atom is 0.324 e. The van der Waals surface area contributed by atoms with Gasteiger partial charge >= 0.3 is 5.97 Å². The Morgan fingerprint density at radius 3 is 2.71 bits per heavy atom. The third-order valence-electron chi connectivity index (χ3n) is 4.53. The van der Waals surface area contributed by atoms with Gasteiger partial charge in [0, 0.05) is 17.7 Å². The first-order valence-corrected chi connectivity index (χ1v) is 7.44. The molecule has 1 saturated heterocycles. The van der Waals surface area contributed by atoms with Crippen molar-refractivity contribution in [1.82, 2.24) is 4.90 Å². The molecule has 21 heavy (non-hydrogen) atoms. The Morgan fingerprint density at radius 2 is 2.14 bits per heavy atom. The van der Waals surface area contributed by atoms with E-state index in [1.54, 1.807) is 6.07 Å². The van der Waals surface area contributed by atoms with Crippen molar-refractivity contribution in [2.45, 2.75) is 51.1 Å². The van der Waals surface area contributed by atoms with E-state index < -0.39 is 11.5 Å². The van der Waals surface area contributed by atoms with Crippen LogP contribution in [0.2, 0.25) is 0 Å². The Morgan fingerprint density at radius 1 is 1.43 bits per heavy atom. The van der Waals surface area contributed by atoms with E-state index >= 15 is 0 Å². The summed E-state index contributed by atoms with van der Waals surface area (Å²) in [6, 6.07) is 4.26. The highest BCUT2D eigenvalue weighted by atomic mass is 16.4. The van der Waals surface area contributed by atoms with Crippen LogP contribution >= 0.6 is 0 Å². The van der Waals surface area contributed by atoms with Gasteiger partial charge in [-0.05, 0) is 38.8 Å². The summed E-state index contributed by atoms with van der Waals surface area (Å²) >= 11 is 0. The van der Waals surface area contributed by atoms with Crippen molar-refractivity contribution in [3.63, 3.8) is 0 Å². The van der Waals surface area contributed by atoms with E-state index in [1.807, 2.05) is 18.7 Å². The SMILES string of the molecule is CCCC1(C(=O)O)CCCN1C(C)c1ccc(O)cc1O. The van der Waals surface area contributed by atoms with Gasteiger partial charge in [-0.3, -0.25) is 9.69 Å². The van der Waals surface area contributed by atoms with E-state index in [9.17, 15) is 20.1 Å². The van der Waals surface area contributed by atoms with Crippen molar-refractivity contribution >= 4 is 5.97 Å². The summed E-state index contributed by atoms with van der Waals surface area (Å²) in [5.74, 6) is -0.778. The van der Waals surface area contributed by atoms with Crippen LogP contribution in [0.3, 0.4) is 0 Å². The average molecular weight is 293 g/mol. The second kappa shape index (κ2) is 5.93. The monoisotopic (exact) mass is 293 g/mol. The summed E-state index contributed by atoms with van der Waals surface area (Å²) in [5, 5.41) is 29.1. The number of hydrogen-bond acceptors (Lipinski definition) is 4. The first-order valence-electron chi connectivity index (χ1n) is 7.44. The highest BCUT2D eigenvalue weighted by Gasteiger charge is 2.49. The van der Waals surface area contributed by atoms with Crippen molar-refractivity contribution in [2.75, 3.05) is 6.54 Å². The van der Waals surface area contributed by atoms with Gasteiger partial charge in [-0.15, -0.1) is 0 Å². The minimum absolute atomic E-state index is 0.00271. The molecule has 1 aliphatic heterocycles. The molecule has 5 nitrogen and oxygen atoms in total. The molecule has 1 aromatic carbocycles. The highest BCUT2D eigenvalue weighted by Crippen LogP contribution is 2.42. The molecule has 0 bridgehead atoms. The number of rotatable bonds is 5. The van der Waals surface area contributed by atoms with Crippen molar-refractivity contribution in [3.8, 4) is 11.5 Å². The molecule has 116 valence electrons. The van der Waals surface area contributed by atoms with Crippen LogP contribution < -0.4 is 0 Å². The van der Waals surface area contributed by atoms with Gasteiger partial charge in [0.25, 0.3) is 0 Å². The van der Waals surface area contributed by atoms with Crippen LogP contribution in [-0.4, -0.2) is 38.3 Å². The number of phenolic OH excluding ortho intramolecular Hbond substituents is 2. The van der Waals surface area contributed by atoms with Crippen LogP contribution in [-0.2, 0) is 4.79 Å². The van der Waals surface area contributed by atoms with Crippen LogP contribution in [0.4, 0.5) is 0 Å². The molecule has 1 heterocycles. The minimum atomic E-state index is -0.849. The van der Waals surface area contributed by atoms with Gasteiger partial charge < -0.3 is 15.3 Å². The third-order valence-corrected chi connectivity index (χ3v) is 4.53. The molecule has 0 spiro atoms. The van der Waals surface area contributed by atoms with Crippen molar-refractivity contribution in [3.05, 3.63) is 23.8 Å². The highest BCUT2D eigenvalue weighted by molar-refractivity contribution is 5.79. The number of aliphatic carboxylic acids is 1. The number of likely N-dealkylation sites (tertiary alicyclic amines) is 1. The molecule has 2 rings (SSSR count).